The first-order valence-corrected chi connectivity index (χ1v) is 9.96. The van der Waals surface area contributed by atoms with Crippen LogP contribution in [-0.4, -0.2) is 27.9 Å². The summed E-state index contributed by atoms with van der Waals surface area (Å²) in [6, 6.07) is 21.9. The van der Waals surface area contributed by atoms with Crippen LogP contribution in [0.25, 0.3) is 0 Å². The number of hydrogen-bond acceptors (Lipinski definition) is 1. The van der Waals surface area contributed by atoms with Gasteiger partial charge in [-0.05, 0) is 35.8 Å². The number of rotatable bonds is 4. The van der Waals surface area contributed by atoms with Crippen molar-refractivity contribution in [3.05, 3.63) is 71.8 Å². The second-order valence-corrected chi connectivity index (χ2v) is 8.16. The number of urea groups is 1. The first-order chi connectivity index (χ1) is 12.8. The van der Waals surface area contributed by atoms with Crippen molar-refractivity contribution in [3.63, 3.8) is 0 Å². The molecule has 4 unspecified atom stereocenters. The minimum absolute atomic E-state index is 0.234. The minimum atomic E-state index is 0.234. The fourth-order valence-corrected chi connectivity index (χ4v) is 5.65. The molecule has 0 radical (unpaired) electrons. The van der Waals surface area contributed by atoms with E-state index in [2.05, 4.69) is 58.3 Å². The van der Waals surface area contributed by atoms with E-state index in [1.165, 1.54) is 36.8 Å². The highest BCUT2D eigenvalue weighted by Gasteiger charge is 2.56. The number of hydrogen-bond donors (Lipinski definition) is 0. The van der Waals surface area contributed by atoms with Crippen molar-refractivity contribution in [1.29, 1.82) is 0 Å². The van der Waals surface area contributed by atoms with Crippen molar-refractivity contribution in [2.24, 2.45) is 11.8 Å². The van der Waals surface area contributed by atoms with Gasteiger partial charge in [0.15, 0.2) is 0 Å². The molecule has 1 heterocycles. The van der Waals surface area contributed by atoms with Gasteiger partial charge in [0.25, 0.3) is 0 Å². The molecule has 3 fully saturated rings. The van der Waals surface area contributed by atoms with Crippen molar-refractivity contribution < 1.29 is 4.79 Å². The summed E-state index contributed by atoms with van der Waals surface area (Å²) in [5, 5.41) is 0. The molecule has 3 nitrogen and oxygen atoms in total. The molecule has 5 rings (SSSR count). The predicted molar refractivity (Wildman–Crippen MR) is 102 cm³/mol. The Bertz CT molecular complexity index is 775. The van der Waals surface area contributed by atoms with Gasteiger partial charge in [-0.1, -0.05) is 73.5 Å². The summed E-state index contributed by atoms with van der Waals surface area (Å²) in [6.45, 7) is 1.49. The molecule has 4 atom stereocenters. The number of carbonyl (C=O) groups is 1. The lowest BCUT2D eigenvalue weighted by atomic mass is 9.96. The zero-order valence-corrected chi connectivity index (χ0v) is 15.1. The van der Waals surface area contributed by atoms with Gasteiger partial charge in [-0.25, -0.2) is 4.79 Å². The molecule has 2 aromatic rings. The minimum Gasteiger partial charge on any atom is -0.315 e. The van der Waals surface area contributed by atoms with Gasteiger partial charge in [0.1, 0.15) is 0 Å². The van der Waals surface area contributed by atoms with E-state index in [0.717, 1.165) is 19.0 Å². The molecule has 1 saturated heterocycles. The van der Waals surface area contributed by atoms with Crippen LogP contribution in [0.2, 0.25) is 0 Å². The second kappa shape index (κ2) is 6.46. The molecule has 2 amide bonds. The van der Waals surface area contributed by atoms with Gasteiger partial charge in [0.05, 0.1) is 12.1 Å². The van der Waals surface area contributed by atoms with Crippen LogP contribution in [0.3, 0.4) is 0 Å². The maximum Gasteiger partial charge on any atom is 0.321 e. The number of nitrogens with zero attached hydrogens (tertiary/aromatic N) is 2. The van der Waals surface area contributed by atoms with Crippen LogP contribution in [0, 0.1) is 11.8 Å². The van der Waals surface area contributed by atoms with Gasteiger partial charge >= 0.3 is 6.03 Å². The van der Waals surface area contributed by atoms with Crippen LogP contribution >= 0.6 is 0 Å². The van der Waals surface area contributed by atoms with Crippen LogP contribution in [0.5, 0.6) is 0 Å². The molecule has 2 aliphatic carbocycles. The van der Waals surface area contributed by atoms with E-state index in [4.69, 9.17) is 0 Å². The largest absolute Gasteiger partial charge is 0.321 e. The zero-order valence-electron chi connectivity index (χ0n) is 15.1. The second-order valence-electron chi connectivity index (χ2n) is 8.16. The molecule has 26 heavy (non-hydrogen) atoms. The molecule has 2 saturated carbocycles. The van der Waals surface area contributed by atoms with E-state index in [0.29, 0.717) is 18.0 Å². The molecule has 134 valence electrons. The number of benzene rings is 2. The summed E-state index contributed by atoms with van der Waals surface area (Å²) in [5.41, 5.74) is 2.47. The average Bonchev–Trinajstić information content (AvgIpc) is 3.32. The average molecular weight is 346 g/mol. The van der Waals surface area contributed by atoms with Crippen LogP contribution in [0.15, 0.2) is 60.7 Å². The highest BCUT2D eigenvalue weighted by atomic mass is 16.2. The summed E-state index contributed by atoms with van der Waals surface area (Å²) in [4.78, 5) is 17.7. The molecule has 0 bridgehead atoms. The maximum atomic E-state index is 13.4. The van der Waals surface area contributed by atoms with Gasteiger partial charge in [-0.2, -0.15) is 0 Å². The molecule has 0 spiro atoms. The zero-order chi connectivity index (χ0) is 17.5. The molecule has 3 heteroatoms. The summed E-state index contributed by atoms with van der Waals surface area (Å²) in [7, 11) is 0. The molecule has 1 aliphatic heterocycles. The number of fused-ring (bicyclic) bond motifs is 3. The Morgan fingerprint density at radius 3 is 2.08 bits per heavy atom. The molecule has 3 aliphatic rings. The van der Waals surface area contributed by atoms with Crippen molar-refractivity contribution >= 4 is 6.03 Å². The van der Waals surface area contributed by atoms with Gasteiger partial charge in [-0.15, -0.1) is 0 Å². The molecule has 0 N–H and O–H groups in total. The van der Waals surface area contributed by atoms with E-state index < -0.39 is 0 Å². The van der Waals surface area contributed by atoms with E-state index in [1.54, 1.807) is 0 Å². The molecule has 2 aromatic carbocycles. The Hall–Kier alpha value is -2.29. The highest BCUT2D eigenvalue weighted by Crippen LogP contribution is 2.51. The van der Waals surface area contributed by atoms with Crippen LogP contribution < -0.4 is 0 Å². The Morgan fingerprint density at radius 1 is 0.808 bits per heavy atom. The lowest BCUT2D eigenvalue weighted by Gasteiger charge is -2.27. The first-order valence-electron chi connectivity index (χ1n) is 9.96. The topological polar surface area (TPSA) is 23.6 Å². The molecule has 0 aromatic heterocycles. The van der Waals surface area contributed by atoms with E-state index in [-0.39, 0.29) is 6.03 Å². The van der Waals surface area contributed by atoms with Crippen molar-refractivity contribution in [3.8, 4) is 0 Å². The van der Waals surface area contributed by atoms with Gasteiger partial charge in [0.2, 0.25) is 0 Å². The quantitative estimate of drug-likeness (QED) is 0.788. The first kappa shape index (κ1) is 15.9. The van der Waals surface area contributed by atoms with Crippen LogP contribution in [-0.2, 0) is 13.1 Å². The van der Waals surface area contributed by atoms with Gasteiger partial charge < -0.3 is 9.80 Å². The Kier molecular flexibility index (Phi) is 3.96. The van der Waals surface area contributed by atoms with Crippen LogP contribution in [0.4, 0.5) is 4.79 Å². The van der Waals surface area contributed by atoms with Crippen LogP contribution in [0.1, 0.15) is 36.8 Å². The smallest absolute Gasteiger partial charge is 0.315 e. The normalized spacial score (nSPS) is 29.9. The number of carbonyl (C=O) groups excluding carboxylic acids is 1. The lowest BCUT2D eigenvalue weighted by Crippen LogP contribution is -2.38. The lowest BCUT2D eigenvalue weighted by molar-refractivity contribution is 0.165. The summed E-state index contributed by atoms with van der Waals surface area (Å²) in [6.07, 6.45) is 5.18. The fraction of sp³-hybridized carbons (Fsp3) is 0.435. The van der Waals surface area contributed by atoms with E-state index in [9.17, 15) is 4.79 Å². The van der Waals surface area contributed by atoms with E-state index >= 15 is 0 Å². The fourth-order valence-electron chi connectivity index (χ4n) is 5.65. The predicted octanol–water partition coefficient (Wildman–Crippen LogP) is 4.68. The Labute approximate surface area is 155 Å². The summed E-state index contributed by atoms with van der Waals surface area (Å²) in [5.74, 6) is 1.52. The Balaban J connectivity index is 1.45. The maximum absolute atomic E-state index is 13.4. The van der Waals surface area contributed by atoms with Crippen molar-refractivity contribution in [2.75, 3.05) is 0 Å². The summed E-state index contributed by atoms with van der Waals surface area (Å²) >= 11 is 0. The Morgan fingerprint density at radius 2 is 1.42 bits per heavy atom. The van der Waals surface area contributed by atoms with E-state index in [1.807, 2.05) is 12.1 Å². The molecular weight excluding hydrogens is 320 g/mol. The van der Waals surface area contributed by atoms with Crippen molar-refractivity contribution in [2.45, 2.75) is 50.9 Å². The standard InChI is InChI=1S/C23H26N2O/c26-23-24(15-17-8-3-1-4-9-17)21-14-19-12-7-13-20(19)22(21)25(23)16-18-10-5-2-6-11-18/h1-6,8-11,19-22H,7,12-16H2. The SMILES string of the molecule is O=C1N(Cc2ccccc2)C2CC3CCCC3C2N1Cc1ccccc1. The van der Waals surface area contributed by atoms with Gasteiger partial charge in [0, 0.05) is 13.1 Å². The third-order valence-electron chi connectivity index (χ3n) is 6.74. The van der Waals surface area contributed by atoms with Gasteiger partial charge in [-0.3, -0.25) is 0 Å². The molecular formula is C23H26N2O. The monoisotopic (exact) mass is 346 g/mol. The summed E-state index contributed by atoms with van der Waals surface area (Å²) < 4.78 is 0. The third kappa shape index (κ3) is 2.61. The van der Waals surface area contributed by atoms with Crippen molar-refractivity contribution in [1.82, 2.24) is 9.80 Å². The third-order valence-corrected chi connectivity index (χ3v) is 6.74. The number of amides is 2. The highest BCUT2D eigenvalue weighted by molar-refractivity contribution is 5.78.